The topological polar surface area (TPSA) is 88.9 Å². The van der Waals surface area contributed by atoms with Crippen LogP contribution in [0.15, 0.2) is 71.9 Å². The van der Waals surface area contributed by atoms with Gasteiger partial charge in [-0.15, -0.1) is 10.2 Å². The standard InChI is InChI=1S/C25H17ClF5N5O2S/c26-18-10-5-14(25(29,30)31)11-20(18)33-22(37)13-39-24-35-34-21(36(24)16-8-6-15(27)7-9-16)12-32-23(38)17-3-1-2-4-19(17)28/h1-11H,12-13H2,(H,32,38)(H,33,37). The summed E-state index contributed by atoms with van der Waals surface area (Å²) in [6, 6.07) is 13.2. The van der Waals surface area contributed by atoms with Gasteiger partial charge in [0.15, 0.2) is 11.0 Å². The molecule has 39 heavy (non-hydrogen) atoms. The van der Waals surface area contributed by atoms with Crippen molar-refractivity contribution in [2.45, 2.75) is 17.9 Å². The zero-order valence-electron chi connectivity index (χ0n) is 19.6. The first-order valence-corrected chi connectivity index (χ1v) is 12.4. The van der Waals surface area contributed by atoms with E-state index < -0.39 is 35.2 Å². The van der Waals surface area contributed by atoms with E-state index in [4.69, 9.17) is 11.6 Å². The number of thioether (sulfide) groups is 1. The van der Waals surface area contributed by atoms with Crippen LogP contribution in [0.4, 0.5) is 27.6 Å². The zero-order valence-corrected chi connectivity index (χ0v) is 21.2. The van der Waals surface area contributed by atoms with Crippen molar-refractivity contribution in [2.75, 3.05) is 11.1 Å². The molecule has 0 aliphatic heterocycles. The van der Waals surface area contributed by atoms with Gasteiger partial charge in [-0.3, -0.25) is 14.2 Å². The van der Waals surface area contributed by atoms with Gasteiger partial charge in [-0.25, -0.2) is 8.78 Å². The quantitative estimate of drug-likeness (QED) is 0.200. The van der Waals surface area contributed by atoms with Gasteiger partial charge in [-0.2, -0.15) is 13.2 Å². The second-order valence-corrected chi connectivity index (χ2v) is 9.25. The number of amides is 2. The fraction of sp³-hybridized carbons (Fsp3) is 0.120. The summed E-state index contributed by atoms with van der Waals surface area (Å²) in [5.41, 5.74) is -0.966. The van der Waals surface area contributed by atoms with Crippen LogP contribution in [-0.2, 0) is 17.5 Å². The normalized spacial score (nSPS) is 11.3. The summed E-state index contributed by atoms with van der Waals surface area (Å²) in [6.07, 6.45) is -4.62. The Morgan fingerprint density at radius 2 is 1.69 bits per heavy atom. The third-order valence-corrected chi connectivity index (χ3v) is 6.47. The first-order chi connectivity index (χ1) is 18.5. The molecule has 14 heteroatoms. The summed E-state index contributed by atoms with van der Waals surface area (Å²) >= 11 is 6.83. The van der Waals surface area contributed by atoms with Crippen LogP contribution in [0.1, 0.15) is 21.7 Å². The maximum atomic E-state index is 14.0. The molecular weight excluding hydrogens is 565 g/mol. The molecule has 0 aliphatic rings. The number of alkyl halides is 3. The SMILES string of the molecule is O=C(CSc1nnc(CNC(=O)c2ccccc2F)n1-c1ccc(F)cc1)Nc1cc(C(F)(F)F)ccc1Cl. The van der Waals surface area contributed by atoms with Crippen LogP contribution in [-0.4, -0.2) is 32.3 Å². The van der Waals surface area contributed by atoms with Crippen LogP contribution in [0.25, 0.3) is 5.69 Å². The van der Waals surface area contributed by atoms with E-state index in [0.29, 0.717) is 5.69 Å². The highest BCUT2D eigenvalue weighted by molar-refractivity contribution is 7.99. The van der Waals surface area contributed by atoms with Gasteiger partial charge in [0.05, 0.1) is 34.1 Å². The third kappa shape index (κ3) is 6.92. The molecule has 0 fully saturated rings. The Morgan fingerprint density at radius 3 is 2.38 bits per heavy atom. The lowest BCUT2D eigenvalue weighted by Gasteiger charge is -2.12. The minimum absolute atomic E-state index is 0.0799. The van der Waals surface area contributed by atoms with E-state index in [9.17, 15) is 31.5 Å². The van der Waals surface area contributed by atoms with Crippen molar-refractivity contribution >= 4 is 40.9 Å². The number of hydrogen-bond donors (Lipinski definition) is 2. The number of nitrogens with zero attached hydrogens (tertiary/aromatic N) is 3. The summed E-state index contributed by atoms with van der Waals surface area (Å²) in [5.74, 6) is -2.70. The zero-order chi connectivity index (χ0) is 28.2. The highest BCUT2D eigenvalue weighted by atomic mass is 35.5. The Kier molecular flexibility index (Phi) is 8.51. The second-order valence-electron chi connectivity index (χ2n) is 7.90. The van der Waals surface area contributed by atoms with Crippen molar-refractivity contribution in [3.05, 3.63) is 100 Å². The van der Waals surface area contributed by atoms with Crippen LogP contribution in [0.2, 0.25) is 5.02 Å². The summed E-state index contributed by atoms with van der Waals surface area (Å²) in [7, 11) is 0. The molecule has 7 nitrogen and oxygen atoms in total. The van der Waals surface area contributed by atoms with Gasteiger partial charge in [0, 0.05) is 5.69 Å². The fourth-order valence-corrected chi connectivity index (χ4v) is 4.31. The molecule has 0 bridgehead atoms. The van der Waals surface area contributed by atoms with Crippen molar-refractivity contribution in [3.63, 3.8) is 0 Å². The average Bonchev–Trinajstić information content (AvgIpc) is 3.30. The summed E-state index contributed by atoms with van der Waals surface area (Å²) in [4.78, 5) is 25.0. The smallest absolute Gasteiger partial charge is 0.345 e. The molecule has 1 aromatic heterocycles. The second kappa shape index (κ2) is 11.8. The Morgan fingerprint density at radius 1 is 0.974 bits per heavy atom. The molecule has 4 aromatic rings. The van der Waals surface area contributed by atoms with Gasteiger partial charge < -0.3 is 10.6 Å². The third-order valence-electron chi connectivity index (χ3n) is 5.21. The maximum absolute atomic E-state index is 14.0. The van der Waals surface area contributed by atoms with Crippen LogP contribution in [0.5, 0.6) is 0 Å². The van der Waals surface area contributed by atoms with E-state index in [-0.39, 0.29) is 39.6 Å². The van der Waals surface area contributed by atoms with E-state index in [1.807, 2.05) is 0 Å². The number of rotatable bonds is 8. The number of benzene rings is 3. The van der Waals surface area contributed by atoms with Crippen molar-refractivity contribution in [1.82, 2.24) is 20.1 Å². The molecule has 202 valence electrons. The molecule has 0 saturated carbocycles. The number of halogens is 6. The first-order valence-electron chi connectivity index (χ1n) is 11.1. The van der Waals surface area contributed by atoms with Gasteiger partial charge in [-0.05, 0) is 54.6 Å². The molecule has 0 aliphatic carbocycles. The van der Waals surface area contributed by atoms with Gasteiger partial charge in [-0.1, -0.05) is 35.5 Å². The van der Waals surface area contributed by atoms with Gasteiger partial charge in [0.1, 0.15) is 11.6 Å². The highest BCUT2D eigenvalue weighted by Gasteiger charge is 2.31. The fourth-order valence-electron chi connectivity index (χ4n) is 3.37. The van der Waals surface area contributed by atoms with Crippen LogP contribution >= 0.6 is 23.4 Å². The summed E-state index contributed by atoms with van der Waals surface area (Å²) in [6.45, 7) is -0.190. The van der Waals surface area contributed by atoms with Gasteiger partial charge in [0.2, 0.25) is 5.91 Å². The summed E-state index contributed by atoms with van der Waals surface area (Å²) < 4.78 is 68.0. The lowest BCUT2D eigenvalue weighted by molar-refractivity contribution is -0.137. The molecular formula is C25H17ClF5N5O2S. The molecule has 0 spiro atoms. The number of hydrogen-bond acceptors (Lipinski definition) is 5. The van der Waals surface area contributed by atoms with Gasteiger partial charge in [0.25, 0.3) is 5.91 Å². The van der Waals surface area contributed by atoms with Crippen molar-refractivity contribution in [1.29, 1.82) is 0 Å². The Balaban J connectivity index is 1.51. The van der Waals surface area contributed by atoms with Crippen molar-refractivity contribution < 1.29 is 31.5 Å². The van der Waals surface area contributed by atoms with Gasteiger partial charge >= 0.3 is 6.18 Å². The highest BCUT2D eigenvalue weighted by Crippen LogP contribution is 2.34. The molecule has 0 unspecified atom stereocenters. The summed E-state index contributed by atoms with van der Waals surface area (Å²) in [5, 5.41) is 13.0. The Bertz CT molecular complexity index is 1510. The predicted molar refractivity (Wildman–Crippen MR) is 135 cm³/mol. The van der Waals surface area contributed by atoms with E-state index in [1.54, 1.807) is 0 Å². The molecule has 0 atom stereocenters. The molecule has 0 radical (unpaired) electrons. The molecule has 3 aromatic carbocycles. The van der Waals surface area contributed by atoms with E-state index >= 15 is 0 Å². The lowest BCUT2D eigenvalue weighted by Crippen LogP contribution is -2.25. The molecule has 2 N–H and O–H groups in total. The minimum atomic E-state index is -4.62. The predicted octanol–water partition coefficient (Wildman–Crippen LogP) is 5.88. The van der Waals surface area contributed by atoms with Crippen LogP contribution in [0.3, 0.4) is 0 Å². The monoisotopic (exact) mass is 581 g/mol. The average molecular weight is 582 g/mol. The minimum Gasteiger partial charge on any atom is -0.345 e. The lowest BCUT2D eigenvalue weighted by atomic mass is 10.2. The Hall–Kier alpha value is -3.97. The largest absolute Gasteiger partial charge is 0.416 e. The van der Waals surface area contributed by atoms with Crippen molar-refractivity contribution in [2.24, 2.45) is 0 Å². The number of carbonyl (C=O) groups excluding carboxylic acids is 2. The van der Waals surface area contributed by atoms with E-state index in [0.717, 1.165) is 36.0 Å². The van der Waals surface area contributed by atoms with E-state index in [1.165, 1.54) is 47.0 Å². The maximum Gasteiger partial charge on any atom is 0.416 e. The van der Waals surface area contributed by atoms with Crippen LogP contribution < -0.4 is 10.6 Å². The van der Waals surface area contributed by atoms with Crippen LogP contribution in [0, 0.1) is 11.6 Å². The molecule has 0 saturated heterocycles. The van der Waals surface area contributed by atoms with E-state index in [2.05, 4.69) is 20.8 Å². The first kappa shape index (κ1) is 28.0. The Labute approximate surface area is 227 Å². The number of anilines is 1. The number of aromatic nitrogens is 3. The number of carbonyl (C=O) groups is 2. The molecule has 2 amide bonds. The molecule has 4 rings (SSSR count). The van der Waals surface area contributed by atoms with Crippen molar-refractivity contribution in [3.8, 4) is 5.69 Å². The number of nitrogens with one attached hydrogen (secondary N) is 2. The molecule has 1 heterocycles.